The molecule has 0 aliphatic heterocycles. The minimum Gasteiger partial charge on any atom is -0.478 e. The van der Waals surface area contributed by atoms with Gasteiger partial charge in [-0.15, -0.1) is 0 Å². The van der Waals surface area contributed by atoms with Gasteiger partial charge >= 0.3 is 5.97 Å². The number of hydrogen-bond acceptors (Lipinski definition) is 2. The van der Waals surface area contributed by atoms with Crippen molar-refractivity contribution < 1.29 is 14.7 Å². The predicted molar refractivity (Wildman–Crippen MR) is 77.1 cm³/mol. The van der Waals surface area contributed by atoms with Crippen LogP contribution in [-0.2, 0) is 0 Å². The number of nitrogens with one attached hydrogen (secondary N) is 1. The normalized spacial score (nSPS) is 15.0. The Balaban J connectivity index is 2.38. The second kappa shape index (κ2) is 4.93. The molecule has 108 valence electrons. The molecule has 1 aromatic rings. The lowest BCUT2D eigenvalue weighted by atomic mass is 9.93. The van der Waals surface area contributed by atoms with Gasteiger partial charge in [0.15, 0.2) is 0 Å². The summed E-state index contributed by atoms with van der Waals surface area (Å²) in [6, 6.07) is 3.53. The number of carboxylic acid groups (broad SMARTS) is 1. The van der Waals surface area contributed by atoms with Gasteiger partial charge in [0.05, 0.1) is 11.1 Å². The molecule has 0 saturated heterocycles. The third-order valence-corrected chi connectivity index (χ3v) is 4.10. The molecular weight excluding hydrogens is 254 g/mol. The van der Waals surface area contributed by atoms with E-state index in [1.165, 1.54) is 0 Å². The van der Waals surface area contributed by atoms with E-state index in [1.54, 1.807) is 26.0 Å². The van der Waals surface area contributed by atoms with E-state index in [-0.39, 0.29) is 22.6 Å². The minimum atomic E-state index is -1.06. The average Bonchev–Trinajstić information content (AvgIpc) is 3.14. The van der Waals surface area contributed by atoms with Crippen LogP contribution in [-0.4, -0.2) is 22.5 Å². The molecule has 0 radical (unpaired) electrons. The van der Waals surface area contributed by atoms with Gasteiger partial charge in [-0.25, -0.2) is 4.79 Å². The van der Waals surface area contributed by atoms with Crippen molar-refractivity contribution >= 4 is 11.9 Å². The summed E-state index contributed by atoms with van der Waals surface area (Å²) in [6.45, 7) is 7.47. The molecule has 20 heavy (non-hydrogen) atoms. The lowest BCUT2D eigenvalue weighted by Gasteiger charge is -2.27. The van der Waals surface area contributed by atoms with Crippen molar-refractivity contribution in [3.63, 3.8) is 0 Å². The van der Waals surface area contributed by atoms with E-state index >= 15 is 0 Å². The number of aryl methyl sites for hydroxylation is 2. The number of benzene rings is 1. The first-order valence-electron chi connectivity index (χ1n) is 6.90. The van der Waals surface area contributed by atoms with Crippen LogP contribution < -0.4 is 5.32 Å². The second-order valence-electron chi connectivity index (χ2n) is 6.20. The lowest BCUT2D eigenvalue weighted by Crippen LogP contribution is -2.45. The van der Waals surface area contributed by atoms with Crippen molar-refractivity contribution in [1.29, 1.82) is 0 Å². The van der Waals surface area contributed by atoms with Crippen LogP contribution in [0.5, 0.6) is 0 Å². The van der Waals surface area contributed by atoms with Crippen LogP contribution >= 0.6 is 0 Å². The summed E-state index contributed by atoms with van der Waals surface area (Å²) >= 11 is 0. The predicted octanol–water partition coefficient (Wildman–Crippen LogP) is 2.92. The molecule has 1 amide bonds. The van der Waals surface area contributed by atoms with Crippen molar-refractivity contribution in [3.8, 4) is 0 Å². The van der Waals surface area contributed by atoms with E-state index in [4.69, 9.17) is 0 Å². The van der Waals surface area contributed by atoms with Crippen LogP contribution in [0.15, 0.2) is 12.1 Å². The Hall–Kier alpha value is -1.84. The average molecular weight is 275 g/mol. The maximum Gasteiger partial charge on any atom is 0.336 e. The number of rotatable bonds is 4. The van der Waals surface area contributed by atoms with E-state index in [0.29, 0.717) is 17.0 Å². The van der Waals surface area contributed by atoms with E-state index in [9.17, 15) is 14.7 Å². The van der Waals surface area contributed by atoms with Crippen LogP contribution in [0.2, 0.25) is 0 Å². The van der Waals surface area contributed by atoms with Crippen molar-refractivity contribution in [2.24, 2.45) is 5.92 Å². The van der Waals surface area contributed by atoms with Gasteiger partial charge < -0.3 is 10.4 Å². The number of carbonyl (C=O) groups excluding carboxylic acids is 1. The van der Waals surface area contributed by atoms with Gasteiger partial charge in [0.1, 0.15) is 0 Å². The highest BCUT2D eigenvalue weighted by Crippen LogP contribution is 2.39. The quantitative estimate of drug-likeness (QED) is 0.888. The zero-order valence-electron chi connectivity index (χ0n) is 12.4. The molecule has 0 atom stereocenters. The summed E-state index contributed by atoms with van der Waals surface area (Å²) < 4.78 is 0. The standard InChI is InChI=1S/C16H21NO3/c1-9-5-6-10(2)13(15(19)20)12(9)14(18)17-16(3,4)11-7-8-11/h5-6,11H,7-8H2,1-4H3,(H,17,18)(H,19,20). The van der Waals surface area contributed by atoms with Gasteiger partial charge in [-0.1, -0.05) is 12.1 Å². The third-order valence-electron chi connectivity index (χ3n) is 4.10. The fraction of sp³-hybridized carbons (Fsp3) is 0.500. The molecule has 4 heteroatoms. The first-order valence-corrected chi connectivity index (χ1v) is 6.90. The molecule has 2 N–H and O–H groups in total. The monoisotopic (exact) mass is 275 g/mol. The Morgan fingerprint density at radius 2 is 1.65 bits per heavy atom. The SMILES string of the molecule is Cc1ccc(C)c(C(=O)NC(C)(C)C2CC2)c1C(=O)O. The van der Waals surface area contributed by atoms with Gasteiger partial charge in [0.25, 0.3) is 5.91 Å². The third kappa shape index (κ3) is 2.69. The maximum atomic E-state index is 12.5. The van der Waals surface area contributed by atoms with Crippen LogP contribution in [0.3, 0.4) is 0 Å². The maximum absolute atomic E-state index is 12.5. The molecule has 0 aromatic heterocycles. The Kier molecular flexibility index (Phi) is 3.59. The molecule has 0 unspecified atom stereocenters. The number of hydrogen-bond donors (Lipinski definition) is 2. The van der Waals surface area contributed by atoms with Gasteiger partial charge in [-0.05, 0) is 57.6 Å². The topological polar surface area (TPSA) is 66.4 Å². The van der Waals surface area contributed by atoms with E-state index < -0.39 is 5.97 Å². The minimum absolute atomic E-state index is 0.106. The molecule has 0 bridgehead atoms. The van der Waals surface area contributed by atoms with E-state index in [0.717, 1.165) is 12.8 Å². The van der Waals surface area contributed by atoms with Crippen LogP contribution in [0.1, 0.15) is 58.5 Å². The summed E-state index contributed by atoms with van der Waals surface area (Å²) in [7, 11) is 0. The molecule has 0 spiro atoms. The molecule has 1 saturated carbocycles. The van der Waals surface area contributed by atoms with E-state index in [2.05, 4.69) is 5.32 Å². The van der Waals surface area contributed by atoms with Gasteiger partial charge in [-0.3, -0.25) is 4.79 Å². The van der Waals surface area contributed by atoms with Gasteiger partial charge in [0, 0.05) is 5.54 Å². The van der Waals surface area contributed by atoms with Crippen molar-refractivity contribution in [1.82, 2.24) is 5.32 Å². The summed E-state index contributed by atoms with van der Waals surface area (Å²) in [5.41, 5.74) is 1.40. The van der Waals surface area contributed by atoms with Gasteiger partial charge in [-0.2, -0.15) is 0 Å². The highest BCUT2D eigenvalue weighted by Gasteiger charge is 2.39. The molecular formula is C16H21NO3. The molecule has 1 aliphatic carbocycles. The van der Waals surface area contributed by atoms with Crippen molar-refractivity contribution in [2.45, 2.75) is 46.1 Å². The number of carboxylic acids is 1. The molecule has 1 aliphatic rings. The first kappa shape index (κ1) is 14.6. The largest absolute Gasteiger partial charge is 0.478 e. The van der Waals surface area contributed by atoms with E-state index in [1.807, 2.05) is 13.8 Å². The molecule has 4 nitrogen and oxygen atoms in total. The Labute approximate surface area is 119 Å². The first-order chi connectivity index (χ1) is 9.24. The van der Waals surface area contributed by atoms with Crippen LogP contribution in [0.4, 0.5) is 0 Å². The summed E-state index contributed by atoms with van der Waals surface area (Å²) in [4.78, 5) is 23.9. The fourth-order valence-corrected chi connectivity index (χ4v) is 2.64. The van der Waals surface area contributed by atoms with Gasteiger partial charge in [0.2, 0.25) is 0 Å². The zero-order valence-corrected chi connectivity index (χ0v) is 12.4. The van der Waals surface area contributed by atoms with Crippen LogP contribution in [0.25, 0.3) is 0 Å². The molecule has 2 rings (SSSR count). The Bertz CT molecular complexity index is 571. The summed E-state index contributed by atoms with van der Waals surface area (Å²) in [5, 5.41) is 12.4. The number of aromatic carboxylic acids is 1. The summed E-state index contributed by atoms with van der Waals surface area (Å²) in [5.74, 6) is -0.856. The fourth-order valence-electron chi connectivity index (χ4n) is 2.64. The molecule has 0 heterocycles. The molecule has 1 fully saturated rings. The Morgan fingerprint density at radius 3 is 2.10 bits per heavy atom. The highest BCUT2D eigenvalue weighted by molar-refractivity contribution is 6.07. The number of carbonyl (C=O) groups is 2. The lowest BCUT2D eigenvalue weighted by molar-refractivity contribution is 0.0688. The number of amides is 1. The molecule has 1 aromatic carbocycles. The highest BCUT2D eigenvalue weighted by atomic mass is 16.4. The Morgan fingerprint density at radius 1 is 1.15 bits per heavy atom. The zero-order chi connectivity index (χ0) is 15.1. The van der Waals surface area contributed by atoms with Crippen molar-refractivity contribution in [2.75, 3.05) is 0 Å². The van der Waals surface area contributed by atoms with Crippen LogP contribution in [0, 0.1) is 19.8 Å². The smallest absolute Gasteiger partial charge is 0.336 e. The summed E-state index contributed by atoms with van der Waals surface area (Å²) in [6.07, 6.45) is 2.23. The second-order valence-corrected chi connectivity index (χ2v) is 6.20. The van der Waals surface area contributed by atoms with Crippen molar-refractivity contribution in [3.05, 3.63) is 34.4 Å².